The fourth-order valence-electron chi connectivity index (χ4n) is 6.37. The van der Waals surface area contributed by atoms with Crippen LogP contribution < -0.4 is 16.4 Å². The van der Waals surface area contributed by atoms with Crippen LogP contribution in [0.2, 0.25) is 0 Å². The molecule has 0 radical (unpaired) electrons. The van der Waals surface area contributed by atoms with Gasteiger partial charge in [0.15, 0.2) is 0 Å². The van der Waals surface area contributed by atoms with E-state index < -0.39 is 33.7 Å². The lowest BCUT2D eigenvalue weighted by Gasteiger charge is -2.37. The van der Waals surface area contributed by atoms with E-state index in [0.29, 0.717) is 50.4 Å². The number of anilines is 1. The third-order valence-electron chi connectivity index (χ3n) is 8.51. The normalized spacial score (nSPS) is 27.8. The van der Waals surface area contributed by atoms with Crippen LogP contribution in [0, 0.1) is 17.6 Å². The Balaban J connectivity index is 1.32. The SMILES string of the molecule is NC(C(=O)Nc1cccc(F)c1CC[C@H]1CN[C@@H]2CCCS(=O)(=O)N1C2)C(c1ccc(F)cc1)C1CCCOC1. The number of benzene rings is 2. The summed E-state index contributed by atoms with van der Waals surface area (Å²) in [5, 5.41) is 6.28. The standard InChI is InChI=1S/C29H38F2N4O4S/c30-21-10-8-19(9-11-21)27(20-4-2-14-39-18-20)28(32)29(36)34-26-7-1-6-25(31)24(26)13-12-23-16-33-22-5-3-15-40(37,38)35(23)17-22/h1,6-11,20,22-23,27-28,33H,2-5,12-18,32H2,(H,34,36)/t20?,22-,23+,27?,28?/m1/s1. The Kier molecular flexibility index (Phi) is 9.16. The second kappa shape index (κ2) is 12.6. The first kappa shape index (κ1) is 29.1. The Bertz CT molecular complexity index is 1290. The molecule has 218 valence electrons. The zero-order chi connectivity index (χ0) is 28.3. The van der Waals surface area contributed by atoms with Crippen LogP contribution in [-0.4, -0.2) is 68.8 Å². The lowest BCUT2D eigenvalue weighted by atomic mass is 9.78. The van der Waals surface area contributed by atoms with Crippen LogP contribution in [0.1, 0.15) is 49.1 Å². The quantitative estimate of drug-likeness (QED) is 0.445. The number of nitrogens with one attached hydrogen (secondary N) is 2. The van der Waals surface area contributed by atoms with E-state index in [4.69, 9.17) is 10.5 Å². The Morgan fingerprint density at radius 3 is 2.70 bits per heavy atom. The predicted octanol–water partition coefficient (Wildman–Crippen LogP) is 3.14. The number of nitrogens with two attached hydrogens (primary N) is 1. The molecule has 5 rings (SSSR count). The van der Waals surface area contributed by atoms with E-state index >= 15 is 4.39 Å². The van der Waals surface area contributed by atoms with Gasteiger partial charge in [-0.25, -0.2) is 17.2 Å². The first-order chi connectivity index (χ1) is 19.2. The average molecular weight is 577 g/mol. The molecular weight excluding hydrogens is 538 g/mol. The molecule has 3 aliphatic rings. The molecular formula is C29H38F2N4O4S. The number of sulfonamides is 1. The van der Waals surface area contributed by atoms with Crippen molar-refractivity contribution in [2.45, 2.75) is 62.6 Å². The summed E-state index contributed by atoms with van der Waals surface area (Å²) in [5.74, 6) is -1.62. The van der Waals surface area contributed by atoms with E-state index in [-0.39, 0.29) is 36.0 Å². The third-order valence-corrected chi connectivity index (χ3v) is 10.5. The van der Waals surface area contributed by atoms with E-state index in [2.05, 4.69) is 10.6 Å². The largest absolute Gasteiger partial charge is 0.381 e. The predicted molar refractivity (Wildman–Crippen MR) is 149 cm³/mol. The molecule has 4 unspecified atom stereocenters. The number of carbonyl (C=O) groups is 1. The summed E-state index contributed by atoms with van der Waals surface area (Å²) >= 11 is 0. The number of ether oxygens (including phenoxy) is 1. The minimum Gasteiger partial charge on any atom is -0.381 e. The first-order valence-electron chi connectivity index (χ1n) is 14.1. The Hall–Kier alpha value is -2.44. The van der Waals surface area contributed by atoms with Gasteiger partial charge in [-0.05, 0) is 74.3 Å². The number of amides is 1. The highest BCUT2D eigenvalue weighted by Crippen LogP contribution is 2.34. The molecule has 2 aromatic carbocycles. The number of hydrogen-bond donors (Lipinski definition) is 3. The molecule has 1 amide bonds. The maximum Gasteiger partial charge on any atom is 0.241 e. The lowest BCUT2D eigenvalue weighted by molar-refractivity contribution is -0.118. The molecule has 6 atom stereocenters. The van der Waals surface area contributed by atoms with Crippen molar-refractivity contribution < 1.29 is 26.7 Å². The van der Waals surface area contributed by atoms with Crippen LogP contribution >= 0.6 is 0 Å². The van der Waals surface area contributed by atoms with Gasteiger partial charge in [-0.1, -0.05) is 18.2 Å². The molecule has 2 bridgehead atoms. The van der Waals surface area contributed by atoms with E-state index in [1.165, 1.54) is 24.3 Å². The molecule has 3 aliphatic heterocycles. The van der Waals surface area contributed by atoms with Crippen LogP contribution in [0.5, 0.6) is 0 Å². The highest BCUT2D eigenvalue weighted by molar-refractivity contribution is 7.89. The molecule has 4 N–H and O–H groups in total. The molecule has 40 heavy (non-hydrogen) atoms. The summed E-state index contributed by atoms with van der Waals surface area (Å²) in [4.78, 5) is 13.5. The van der Waals surface area contributed by atoms with Crippen molar-refractivity contribution in [3.05, 3.63) is 65.2 Å². The maximum absolute atomic E-state index is 15.1. The topological polar surface area (TPSA) is 114 Å². The van der Waals surface area contributed by atoms with Crippen LogP contribution in [0.15, 0.2) is 42.5 Å². The Morgan fingerprint density at radius 1 is 1.15 bits per heavy atom. The van der Waals surface area contributed by atoms with Crippen LogP contribution in [0.4, 0.5) is 14.5 Å². The highest BCUT2D eigenvalue weighted by atomic mass is 32.2. The van der Waals surface area contributed by atoms with Crippen LogP contribution in [0.25, 0.3) is 0 Å². The summed E-state index contributed by atoms with van der Waals surface area (Å²) in [5.41, 5.74) is 7.94. The molecule has 8 nitrogen and oxygen atoms in total. The first-order valence-corrected chi connectivity index (χ1v) is 15.7. The van der Waals surface area contributed by atoms with Gasteiger partial charge in [0.25, 0.3) is 0 Å². The highest BCUT2D eigenvalue weighted by Gasteiger charge is 2.38. The van der Waals surface area contributed by atoms with E-state index in [1.807, 2.05) is 0 Å². The molecule has 0 spiro atoms. The van der Waals surface area contributed by atoms with Crippen molar-refractivity contribution >= 4 is 21.6 Å². The van der Waals surface area contributed by atoms with Crippen molar-refractivity contribution in [2.75, 3.05) is 37.4 Å². The average Bonchev–Trinajstić information content (AvgIpc) is 3.06. The monoisotopic (exact) mass is 576 g/mol. The molecule has 0 saturated carbocycles. The summed E-state index contributed by atoms with van der Waals surface area (Å²) in [6.45, 7) is 2.03. The van der Waals surface area contributed by atoms with Gasteiger partial charge in [0.1, 0.15) is 11.6 Å². The smallest absolute Gasteiger partial charge is 0.241 e. The number of piperazine rings is 1. The Morgan fingerprint density at radius 2 is 1.95 bits per heavy atom. The van der Waals surface area contributed by atoms with E-state index in [9.17, 15) is 17.6 Å². The minimum absolute atomic E-state index is 0.0230. The van der Waals surface area contributed by atoms with Gasteiger partial charge in [0.05, 0.1) is 18.4 Å². The maximum atomic E-state index is 15.1. The summed E-state index contributed by atoms with van der Waals surface area (Å²) in [6, 6.07) is 9.38. The van der Waals surface area contributed by atoms with Gasteiger partial charge >= 0.3 is 0 Å². The zero-order valence-corrected chi connectivity index (χ0v) is 23.3. The molecule has 3 heterocycles. The number of hydrogen-bond acceptors (Lipinski definition) is 6. The number of carbonyl (C=O) groups excluding carboxylic acids is 1. The summed E-state index contributed by atoms with van der Waals surface area (Å²) < 4.78 is 61.7. The van der Waals surface area contributed by atoms with E-state index in [1.54, 1.807) is 22.5 Å². The van der Waals surface area contributed by atoms with Gasteiger partial charge in [0.2, 0.25) is 15.9 Å². The fraction of sp³-hybridized carbons (Fsp3) is 0.552. The van der Waals surface area contributed by atoms with Crippen LogP contribution in [-0.2, 0) is 26.0 Å². The third kappa shape index (κ3) is 6.54. The molecule has 2 aromatic rings. The molecule has 0 aromatic heterocycles. The van der Waals surface area contributed by atoms with Crippen molar-refractivity contribution in [1.29, 1.82) is 0 Å². The lowest BCUT2D eigenvalue weighted by Crippen LogP contribution is -2.57. The van der Waals surface area contributed by atoms with Crippen molar-refractivity contribution in [3.63, 3.8) is 0 Å². The van der Waals surface area contributed by atoms with Gasteiger partial charge in [0, 0.05) is 48.9 Å². The molecule has 3 fully saturated rings. The van der Waals surface area contributed by atoms with Crippen molar-refractivity contribution in [2.24, 2.45) is 11.7 Å². The fourth-order valence-corrected chi connectivity index (χ4v) is 8.18. The zero-order valence-electron chi connectivity index (χ0n) is 22.5. The van der Waals surface area contributed by atoms with Crippen molar-refractivity contribution in [3.8, 4) is 0 Å². The minimum atomic E-state index is -3.37. The summed E-state index contributed by atoms with van der Waals surface area (Å²) in [7, 11) is -3.37. The van der Waals surface area contributed by atoms with Crippen LogP contribution in [0.3, 0.4) is 0 Å². The number of halogens is 2. The number of nitrogens with zero attached hydrogens (tertiary/aromatic N) is 1. The van der Waals surface area contributed by atoms with Gasteiger partial charge in [-0.15, -0.1) is 0 Å². The molecule has 0 aliphatic carbocycles. The van der Waals surface area contributed by atoms with E-state index in [0.717, 1.165) is 24.8 Å². The van der Waals surface area contributed by atoms with Gasteiger partial charge in [-0.3, -0.25) is 4.79 Å². The Labute approximate surface area is 234 Å². The second-order valence-electron chi connectivity index (χ2n) is 11.2. The molecule has 11 heteroatoms. The summed E-state index contributed by atoms with van der Waals surface area (Å²) in [6.07, 6.45) is 3.76. The molecule has 3 saturated heterocycles. The van der Waals surface area contributed by atoms with Gasteiger partial charge < -0.3 is 21.1 Å². The number of rotatable bonds is 8. The van der Waals surface area contributed by atoms with Crippen molar-refractivity contribution in [1.82, 2.24) is 9.62 Å². The van der Waals surface area contributed by atoms with Gasteiger partial charge in [-0.2, -0.15) is 4.31 Å². The number of fused-ring (bicyclic) bond motifs is 2. The second-order valence-corrected chi connectivity index (χ2v) is 13.2.